The Morgan fingerprint density at radius 2 is 2.24 bits per heavy atom. The summed E-state index contributed by atoms with van der Waals surface area (Å²) < 4.78 is 5.58. The Morgan fingerprint density at radius 1 is 1.47 bits per heavy atom. The van der Waals surface area contributed by atoms with Gasteiger partial charge in [-0.25, -0.2) is 0 Å². The Balaban J connectivity index is 2.28. The molecule has 1 atom stereocenters. The summed E-state index contributed by atoms with van der Waals surface area (Å²) in [6, 6.07) is 5.78. The molecule has 1 rings (SSSR count). The van der Waals surface area contributed by atoms with Crippen molar-refractivity contribution in [1.82, 2.24) is 5.32 Å². The molecule has 0 saturated heterocycles. The molecular weight excluding hydrogens is 238 g/mol. The Morgan fingerprint density at radius 3 is 2.82 bits per heavy atom. The lowest BCUT2D eigenvalue weighted by Gasteiger charge is -2.14. The van der Waals surface area contributed by atoms with Gasteiger partial charge in [0.2, 0.25) is 0 Å². The van der Waals surface area contributed by atoms with Gasteiger partial charge in [0.05, 0.1) is 6.61 Å². The zero-order valence-electron chi connectivity index (χ0n) is 10.4. The first-order valence-corrected chi connectivity index (χ1v) is 6.28. The van der Waals surface area contributed by atoms with Gasteiger partial charge >= 0.3 is 0 Å². The van der Waals surface area contributed by atoms with Crippen molar-refractivity contribution in [3.63, 3.8) is 0 Å². The van der Waals surface area contributed by atoms with Gasteiger partial charge in [-0.05, 0) is 37.1 Å². The number of aryl methyl sites for hydroxylation is 1. The molecule has 0 aliphatic rings. The first-order valence-electron chi connectivity index (χ1n) is 5.90. The molecule has 0 aliphatic heterocycles. The van der Waals surface area contributed by atoms with Gasteiger partial charge in [-0.1, -0.05) is 18.5 Å². The fourth-order valence-corrected chi connectivity index (χ4v) is 1.59. The van der Waals surface area contributed by atoms with Crippen LogP contribution in [0.2, 0.25) is 5.02 Å². The van der Waals surface area contributed by atoms with Crippen LogP contribution in [0, 0.1) is 6.92 Å². The van der Waals surface area contributed by atoms with Crippen LogP contribution in [0.5, 0.6) is 5.75 Å². The number of rotatable bonds is 7. The number of aliphatic hydroxyl groups excluding tert-OH is 1. The van der Waals surface area contributed by atoms with Gasteiger partial charge in [0.15, 0.2) is 0 Å². The monoisotopic (exact) mass is 257 g/mol. The molecule has 17 heavy (non-hydrogen) atoms. The third kappa shape index (κ3) is 4.94. The van der Waals surface area contributed by atoms with Crippen molar-refractivity contribution in [2.24, 2.45) is 0 Å². The first-order chi connectivity index (χ1) is 8.17. The average Bonchev–Trinajstić information content (AvgIpc) is 2.34. The predicted molar refractivity (Wildman–Crippen MR) is 70.9 cm³/mol. The Bertz CT molecular complexity index is 340. The van der Waals surface area contributed by atoms with Crippen molar-refractivity contribution >= 4 is 11.6 Å². The summed E-state index contributed by atoms with van der Waals surface area (Å²) in [5.41, 5.74) is 1.01. The minimum Gasteiger partial charge on any atom is -0.492 e. The van der Waals surface area contributed by atoms with E-state index in [0.717, 1.165) is 29.3 Å². The van der Waals surface area contributed by atoms with Gasteiger partial charge in [0, 0.05) is 17.6 Å². The lowest BCUT2D eigenvalue weighted by Crippen LogP contribution is -2.34. The van der Waals surface area contributed by atoms with Crippen LogP contribution in [0.3, 0.4) is 0 Å². The summed E-state index contributed by atoms with van der Waals surface area (Å²) in [6.45, 7) is 5.46. The van der Waals surface area contributed by atoms with Crippen LogP contribution in [-0.4, -0.2) is 30.9 Å². The van der Waals surface area contributed by atoms with E-state index in [1.165, 1.54) is 0 Å². The summed E-state index contributed by atoms with van der Waals surface area (Å²) >= 11 is 5.93. The second kappa shape index (κ2) is 7.54. The van der Waals surface area contributed by atoms with Crippen LogP contribution in [0.1, 0.15) is 18.9 Å². The molecule has 1 aromatic rings. The minimum atomic E-state index is 0.158. The van der Waals surface area contributed by atoms with E-state index in [0.29, 0.717) is 6.61 Å². The fraction of sp³-hybridized carbons (Fsp3) is 0.538. The van der Waals surface area contributed by atoms with E-state index in [2.05, 4.69) is 5.32 Å². The maximum Gasteiger partial charge on any atom is 0.119 e. The average molecular weight is 258 g/mol. The number of aliphatic hydroxyl groups is 1. The zero-order chi connectivity index (χ0) is 12.7. The van der Waals surface area contributed by atoms with Gasteiger partial charge < -0.3 is 15.2 Å². The SMILES string of the molecule is CC[C@@H](CO)NCCOc1ccc(Cl)c(C)c1. The van der Waals surface area contributed by atoms with Crippen molar-refractivity contribution in [3.05, 3.63) is 28.8 Å². The molecule has 3 nitrogen and oxygen atoms in total. The second-order valence-corrected chi connectivity index (χ2v) is 4.41. The van der Waals surface area contributed by atoms with Gasteiger partial charge in [0.1, 0.15) is 12.4 Å². The van der Waals surface area contributed by atoms with Gasteiger partial charge in [-0.3, -0.25) is 0 Å². The summed E-state index contributed by atoms with van der Waals surface area (Å²) in [7, 11) is 0. The summed E-state index contributed by atoms with van der Waals surface area (Å²) in [6.07, 6.45) is 0.913. The van der Waals surface area contributed by atoms with Crippen molar-refractivity contribution in [1.29, 1.82) is 0 Å². The standard InChI is InChI=1S/C13H20ClNO2/c1-3-11(9-16)15-6-7-17-12-4-5-13(14)10(2)8-12/h4-5,8,11,15-16H,3,6-7,9H2,1-2H3/t11-/m0/s1. The van der Waals surface area contributed by atoms with Crippen molar-refractivity contribution in [2.75, 3.05) is 19.8 Å². The Labute approximate surface area is 108 Å². The largest absolute Gasteiger partial charge is 0.492 e. The molecule has 0 radical (unpaired) electrons. The van der Waals surface area contributed by atoms with Crippen LogP contribution in [-0.2, 0) is 0 Å². The third-order valence-electron chi connectivity index (χ3n) is 2.65. The fourth-order valence-electron chi connectivity index (χ4n) is 1.48. The zero-order valence-corrected chi connectivity index (χ0v) is 11.1. The molecule has 0 unspecified atom stereocenters. The maximum absolute atomic E-state index is 8.99. The molecule has 0 spiro atoms. The van der Waals surface area contributed by atoms with Crippen LogP contribution < -0.4 is 10.1 Å². The molecule has 0 bridgehead atoms. The first kappa shape index (κ1) is 14.3. The molecule has 4 heteroatoms. The second-order valence-electron chi connectivity index (χ2n) is 4.00. The Hall–Kier alpha value is -0.770. The predicted octanol–water partition coefficient (Wildman–Crippen LogP) is 2.39. The highest BCUT2D eigenvalue weighted by Gasteiger charge is 2.03. The van der Waals surface area contributed by atoms with Gasteiger partial charge in [0.25, 0.3) is 0 Å². The molecule has 2 N–H and O–H groups in total. The highest BCUT2D eigenvalue weighted by atomic mass is 35.5. The molecule has 0 aromatic heterocycles. The highest BCUT2D eigenvalue weighted by molar-refractivity contribution is 6.31. The minimum absolute atomic E-state index is 0.158. The number of ether oxygens (including phenoxy) is 1. The van der Waals surface area contributed by atoms with Gasteiger partial charge in [-0.15, -0.1) is 0 Å². The van der Waals surface area contributed by atoms with E-state index in [9.17, 15) is 0 Å². The van der Waals surface area contributed by atoms with Crippen LogP contribution >= 0.6 is 11.6 Å². The molecular formula is C13H20ClNO2. The molecule has 1 aromatic carbocycles. The third-order valence-corrected chi connectivity index (χ3v) is 3.07. The molecule has 96 valence electrons. The smallest absolute Gasteiger partial charge is 0.119 e. The number of hydrogen-bond donors (Lipinski definition) is 2. The molecule has 0 heterocycles. The normalized spacial score (nSPS) is 12.5. The highest BCUT2D eigenvalue weighted by Crippen LogP contribution is 2.20. The van der Waals surface area contributed by atoms with E-state index >= 15 is 0 Å². The quantitative estimate of drug-likeness (QED) is 0.737. The number of halogens is 1. The Kier molecular flexibility index (Phi) is 6.34. The molecule has 0 amide bonds. The summed E-state index contributed by atoms with van der Waals surface area (Å²) in [5.74, 6) is 0.825. The number of benzene rings is 1. The van der Waals surface area contributed by atoms with Gasteiger partial charge in [-0.2, -0.15) is 0 Å². The number of hydrogen-bond acceptors (Lipinski definition) is 3. The van der Waals surface area contributed by atoms with E-state index in [4.69, 9.17) is 21.4 Å². The van der Waals surface area contributed by atoms with Crippen LogP contribution in [0.4, 0.5) is 0 Å². The van der Waals surface area contributed by atoms with Crippen molar-refractivity contribution in [3.8, 4) is 5.75 Å². The van der Waals surface area contributed by atoms with Crippen molar-refractivity contribution < 1.29 is 9.84 Å². The number of nitrogens with one attached hydrogen (secondary N) is 1. The van der Waals surface area contributed by atoms with E-state index in [1.54, 1.807) is 0 Å². The molecule has 0 fully saturated rings. The van der Waals surface area contributed by atoms with Crippen LogP contribution in [0.15, 0.2) is 18.2 Å². The van der Waals surface area contributed by atoms with E-state index in [-0.39, 0.29) is 12.6 Å². The molecule has 0 saturated carbocycles. The maximum atomic E-state index is 8.99. The summed E-state index contributed by atoms with van der Waals surface area (Å²) in [4.78, 5) is 0. The van der Waals surface area contributed by atoms with E-state index in [1.807, 2.05) is 32.0 Å². The lowest BCUT2D eigenvalue weighted by molar-refractivity contribution is 0.227. The van der Waals surface area contributed by atoms with Crippen LogP contribution in [0.25, 0.3) is 0 Å². The van der Waals surface area contributed by atoms with E-state index < -0.39 is 0 Å². The lowest BCUT2D eigenvalue weighted by atomic mass is 10.2. The molecule has 0 aliphatic carbocycles. The van der Waals surface area contributed by atoms with Crippen molar-refractivity contribution in [2.45, 2.75) is 26.3 Å². The summed E-state index contributed by atoms with van der Waals surface area (Å²) in [5, 5.41) is 13.0. The topological polar surface area (TPSA) is 41.5 Å².